The van der Waals surface area contributed by atoms with Crippen molar-refractivity contribution in [2.75, 3.05) is 29.5 Å². The average molecular weight is 451 g/mol. The summed E-state index contributed by atoms with van der Waals surface area (Å²) in [4.78, 5) is 16.6. The molecule has 8 nitrogen and oxygen atoms in total. The minimum atomic E-state index is -3.42. The third-order valence-electron chi connectivity index (χ3n) is 4.36. The number of furan rings is 1. The largest absolute Gasteiger partial charge is 0.467 e. The topological polar surface area (TPSA) is 94.9 Å². The van der Waals surface area contributed by atoms with Gasteiger partial charge in [-0.25, -0.2) is 13.2 Å². The van der Waals surface area contributed by atoms with Crippen LogP contribution in [-0.2, 0) is 23.1 Å². The summed E-state index contributed by atoms with van der Waals surface area (Å²) >= 11 is 0. The number of nitrogens with one attached hydrogen (secondary N) is 2. The SMILES string of the molecule is CCCS(=O)(=O)Nc1ccc(N(C)C)c(CN(Cc2ccco2)C(=O)NC(C)(C)C)c1. The fraction of sp³-hybridized carbons (Fsp3) is 0.500. The van der Waals surface area contributed by atoms with Gasteiger partial charge >= 0.3 is 6.03 Å². The zero-order valence-electron chi connectivity index (χ0n) is 19.2. The van der Waals surface area contributed by atoms with Crippen LogP contribution >= 0.6 is 0 Å². The first-order valence-electron chi connectivity index (χ1n) is 10.3. The first-order valence-corrected chi connectivity index (χ1v) is 12.0. The maximum absolute atomic E-state index is 13.0. The van der Waals surface area contributed by atoms with Gasteiger partial charge in [-0.15, -0.1) is 0 Å². The standard InChI is InChI=1S/C22H34N4O4S/c1-7-13-31(28,29)24-18-10-11-20(25(5)6)17(14-18)15-26(16-19-9-8-12-30-19)21(27)23-22(2,3)4/h8-12,14,24H,7,13,15-16H2,1-6H3,(H,23,27). The van der Waals surface area contributed by atoms with Crippen LogP contribution in [0.2, 0.25) is 0 Å². The monoisotopic (exact) mass is 450 g/mol. The van der Waals surface area contributed by atoms with Gasteiger partial charge in [-0.2, -0.15) is 0 Å². The van der Waals surface area contributed by atoms with Crippen LogP contribution in [0.4, 0.5) is 16.2 Å². The van der Waals surface area contributed by atoms with E-state index in [0.29, 0.717) is 17.9 Å². The van der Waals surface area contributed by atoms with Crippen LogP contribution in [-0.4, -0.2) is 44.7 Å². The highest BCUT2D eigenvalue weighted by Gasteiger charge is 2.23. The number of anilines is 2. The highest BCUT2D eigenvalue weighted by atomic mass is 32.2. The van der Waals surface area contributed by atoms with Gasteiger partial charge in [-0.3, -0.25) is 4.72 Å². The van der Waals surface area contributed by atoms with E-state index in [1.807, 2.05) is 58.8 Å². The lowest BCUT2D eigenvalue weighted by Crippen LogP contribution is -2.48. The van der Waals surface area contributed by atoms with Gasteiger partial charge in [-0.05, 0) is 63.1 Å². The van der Waals surface area contributed by atoms with Crippen molar-refractivity contribution < 1.29 is 17.6 Å². The van der Waals surface area contributed by atoms with Crippen LogP contribution in [0.15, 0.2) is 41.0 Å². The molecule has 31 heavy (non-hydrogen) atoms. The Bertz CT molecular complexity index is 964. The van der Waals surface area contributed by atoms with Crippen molar-refractivity contribution in [3.63, 3.8) is 0 Å². The number of hydrogen-bond donors (Lipinski definition) is 2. The van der Waals surface area contributed by atoms with Gasteiger partial charge in [0.15, 0.2) is 0 Å². The minimum Gasteiger partial charge on any atom is -0.467 e. The quantitative estimate of drug-likeness (QED) is 0.602. The predicted octanol–water partition coefficient (Wildman–Crippen LogP) is 4.01. The van der Waals surface area contributed by atoms with Crippen molar-refractivity contribution in [3.05, 3.63) is 47.9 Å². The summed E-state index contributed by atoms with van der Waals surface area (Å²) in [6, 6.07) is 8.74. The van der Waals surface area contributed by atoms with Gasteiger partial charge in [0, 0.05) is 31.0 Å². The van der Waals surface area contributed by atoms with Crippen LogP contribution < -0.4 is 14.9 Å². The maximum atomic E-state index is 13.0. The van der Waals surface area contributed by atoms with Crippen molar-refractivity contribution >= 4 is 27.4 Å². The normalized spacial score (nSPS) is 11.8. The van der Waals surface area contributed by atoms with Crippen molar-refractivity contribution in [1.82, 2.24) is 10.2 Å². The Kier molecular flexibility index (Phi) is 8.00. The maximum Gasteiger partial charge on any atom is 0.318 e. The lowest BCUT2D eigenvalue weighted by molar-refractivity contribution is 0.178. The number of sulfonamides is 1. The van der Waals surface area contributed by atoms with Crippen molar-refractivity contribution in [1.29, 1.82) is 0 Å². The fourth-order valence-electron chi connectivity index (χ4n) is 3.11. The molecule has 172 valence electrons. The van der Waals surface area contributed by atoms with Crippen molar-refractivity contribution in [3.8, 4) is 0 Å². The number of carbonyl (C=O) groups is 1. The van der Waals surface area contributed by atoms with Gasteiger partial charge in [0.2, 0.25) is 10.0 Å². The number of urea groups is 1. The van der Waals surface area contributed by atoms with E-state index in [1.165, 1.54) is 0 Å². The smallest absolute Gasteiger partial charge is 0.318 e. The first-order chi connectivity index (χ1) is 14.4. The molecule has 0 unspecified atom stereocenters. The third kappa shape index (κ3) is 7.82. The lowest BCUT2D eigenvalue weighted by atomic mass is 10.1. The number of amides is 2. The molecule has 2 amide bonds. The molecule has 0 fully saturated rings. The van der Waals surface area contributed by atoms with Gasteiger partial charge < -0.3 is 19.5 Å². The fourth-order valence-corrected chi connectivity index (χ4v) is 4.23. The van der Waals surface area contributed by atoms with E-state index < -0.39 is 15.6 Å². The number of nitrogens with zero attached hydrogens (tertiary/aromatic N) is 2. The molecule has 9 heteroatoms. The Morgan fingerprint density at radius 3 is 2.39 bits per heavy atom. The van der Waals surface area contributed by atoms with E-state index in [-0.39, 0.29) is 24.9 Å². The summed E-state index contributed by atoms with van der Waals surface area (Å²) < 4.78 is 32.5. The molecule has 0 aliphatic heterocycles. The van der Waals surface area contributed by atoms with E-state index in [0.717, 1.165) is 11.3 Å². The molecule has 2 rings (SSSR count). The molecule has 0 atom stereocenters. The lowest BCUT2D eigenvalue weighted by Gasteiger charge is -2.29. The highest BCUT2D eigenvalue weighted by molar-refractivity contribution is 7.92. The molecular formula is C22H34N4O4S. The molecule has 2 aromatic rings. The molecule has 2 N–H and O–H groups in total. The van der Waals surface area contributed by atoms with E-state index in [2.05, 4.69) is 10.0 Å². The zero-order valence-corrected chi connectivity index (χ0v) is 20.0. The third-order valence-corrected chi connectivity index (χ3v) is 5.86. The molecule has 1 heterocycles. The second-order valence-electron chi connectivity index (χ2n) is 8.77. The Hall–Kier alpha value is -2.68. The molecule has 0 spiro atoms. The minimum absolute atomic E-state index is 0.0520. The second-order valence-corrected chi connectivity index (χ2v) is 10.6. The first kappa shape index (κ1) is 24.6. The molecule has 0 bridgehead atoms. The summed E-state index contributed by atoms with van der Waals surface area (Å²) in [7, 11) is 0.401. The Morgan fingerprint density at radius 1 is 1.13 bits per heavy atom. The Labute approximate surface area is 185 Å². The predicted molar refractivity (Wildman–Crippen MR) is 125 cm³/mol. The summed E-state index contributed by atoms with van der Waals surface area (Å²) in [6.07, 6.45) is 2.10. The summed E-state index contributed by atoms with van der Waals surface area (Å²) in [5, 5.41) is 2.99. The molecule has 1 aromatic carbocycles. The van der Waals surface area contributed by atoms with E-state index in [1.54, 1.807) is 29.4 Å². The van der Waals surface area contributed by atoms with E-state index in [4.69, 9.17) is 4.42 Å². The van der Waals surface area contributed by atoms with E-state index in [9.17, 15) is 13.2 Å². The van der Waals surface area contributed by atoms with Gasteiger partial charge in [0.25, 0.3) is 0 Å². The van der Waals surface area contributed by atoms with Crippen LogP contribution in [0, 0.1) is 0 Å². The molecule has 1 aromatic heterocycles. The zero-order chi connectivity index (χ0) is 23.2. The number of carbonyl (C=O) groups excluding carboxylic acids is 1. The molecule has 0 aliphatic rings. The van der Waals surface area contributed by atoms with Crippen LogP contribution in [0.3, 0.4) is 0 Å². The summed E-state index contributed by atoms with van der Waals surface area (Å²) in [5.41, 5.74) is 1.78. The summed E-state index contributed by atoms with van der Waals surface area (Å²) in [6.45, 7) is 8.15. The van der Waals surface area contributed by atoms with Gasteiger partial charge in [-0.1, -0.05) is 6.92 Å². The second kappa shape index (κ2) is 10.1. The Morgan fingerprint density at radius 2 is 1.84 bits per heavy atom. The molecule has 0 saturated heterocycles. The molecular weight excluding hydrogens is 416 g/mol. The average Bonchev–Trinajstić information content (AvgIpc) is 3.12. The highest BCUT2D eigenvalue weighted by Crippen LogP contribution is 2.26. The van der Waals surface area contributed by atoms with Crippen LogP contribution in [0.5, 0.6) is 0 Å². The van der Waals surface area contributed by atoms with Crippen molar-refractivity contribution in [2.45, 2.75) is 52.7 Å². The number of hydrogen-bond acceptors (Lipinski definition) is 5. The summed E-state index contributed by atoms with van der Waals surface area (Å²) in [5.74, 6) is 0.714. The van der Waals surface area contributed by atoms with Gasteiger partial charge in [0.05, 0.1) is 25.1 Å². The van der Waals surface area contributed by atoms with Crippen LogP contribution in [0.1, 0.15) is 45.4 Å². The number of benzene rings is 1. The molecule has 0 saturated carbocycles. The molecule has 0 aliphatic carbocycles. The number of rotatable bonds is 9. The Balaban J connectivity index is 2.38. The van der Waals surface area contributed by atoms with Gasteiger partial charge in [0.1, 0.15) is 5.76 Å². The van der Waals surface area contributed by atoms with E-state index >= 15 is 0 Å². The van der Waals surface area contributed by atoms with Crippen molar-refractivity contribution in [2.24, 2.45) is 0 Å². The van der Waals surface area contributed by atoms with Crippen LogP contribution in [0.25, 0.3) is 0 Å². The molecule has 0 radical (unpaired) electrons.